The summed E-state index contributed by atoms with van der Waals surface area (Å²) < 4.78 is 0.457. The number of amides is 1. The molecule has 22 heavy (non-hydrogen) atoms. The Morgan fingerprint density at radius 1 is 1.41 bits per heavy atom. The van der Waals surface area contributed by atoms with Crippen molar-refractivity contribution in [1.29, 1.82) is 0 Å². The first kappa shape index (κ1) is 15.3. The Morgan fingerprint density at radius 3 is 2.86 bits per heavy atom. The van der Waals surface area contributed by atoms with Crippen LogP contribution in [-0.4, -0.2) is 22.3 Å². The van der Waals surface area contributed by atoms with Gasteiger partial charge in [-0.2, -0.15) is 5.10 Å². The van der Waals surface area contributed by atoms with Gasteiger partial charge in [-0.3, -0.25) is 4.79 Å². The van der Waals surface area contributed by atoms with E-state index < -0.39 is 0 Å². The molecule has 2 aliphatic rings. The van der Waals surface area contributed by atoms with E-state index in [0.717, 1.165) is 12.8 Å². The van der Waals surface area contributed by atoms with E-state index in [1.54, 1.807) is 6.07 Å². The zero-order chi connectivity index (χ0) is 15.9. The van der Waals surface area contributed by atoms with Crippen LogP contribution < -0.4 is 5.43 Å². The molecule has 5 nitrogen and oxygen atoms in total. The molecule has 3 atom stereocenters. The van der Waals surface area contributed by atoms with Gasteiger partial charge in [0.1, 0.15) is 11.5 Å². The summed E-state index contributed by atoms with van der Waals surface area (Å²) in [7, 11) is 0. The molecule has 0 aliphatic heterocycles. The lowest BCUT2D eigenvalue weighted by molar-refractivity contribution is -0.123. The fourth-order valence-corrected chi connectivity index (χ4v) is 4.12. The summed E-state index contributed by atoms with van der Waals surface area (Å²) in [5.41, 5.74) is 3.15. The molecular formula is C16H19BrN2O3. The maximum absolute atomic E-state index is 12.2. The van der Waals surface area contributed by atoms with Crippen LogP contribution in [0, 0.1) is 17.3 Å². The van der Waals surface area contributed by atoms with Gasteiger partial charge in [0.15, 0.2) is 0 Å². The van der Waals surface area contributed by atoms with Gasteiger partial charge < -0.3 is 10.2 Å². The van der Waals surface area contributed by atoms with Crippen molar-refractivity contribution in [1.82, 2.24) is 5.43 Å². The molecule has 0 unspecified atom stereocenters. The minimum absolute atomic E-state index is 0.0389. The van der Waals surface area contributed by atoms with Crippen LogP contribution in [0.4, 0.5) is 0 Å². The van der Waals surface area contributed by atoms with Crippen molar-refractivity contribution in [3.05, 3.63) is 22.2 Å². The molecule has 0 bridgehead atoms. The molecule has 0 spiro atoms. The van der Waals surface area contributed by atoms with E-state index in [1.165, 1.54) is 25.1 Å². The summed E-state index contributed by atoms with van der Waals surface area (Å²) in [5.74, 6) is 0.377. The van der Waals surface area contributed by atoms with E-state index >= 15 is 0 Å². The number of carbonyl (C=O) groups excluding carboxylic acids is 1. The van der Waals surface area contributed by atoms with Crippen molar-refractivity contribution in [2.75, 3.05) is 0 Å². The summed E-state index contributed by atoms with van der Waals surface area (Å²) >= 11 is 3.17. The minimum atomic E-state index is -0.0919. The van der Waals surface area contributed by atoms with Crippen LogP contribution in [0.15, 0.2) is 21.7 Å². The molecule has 2 aliphatic carbocycles. The molecule has 0 radical (unpaired) electrons. The van der Waals surface area contributed by atoms with Crippen molar-refractivity contribution < 1.29 is 15.0 Å². The summed E-state index contributed by atoms with van der Waals surface area (Å²) in [6.07, 6.45) is 6.04. The number of hydrogen-bond acceptors (Lipinski definition) is 4. The number of hydrazone groups is 1. The highest BCUT2D eigenvalue weighted by Crippen LogP contribution is 2.66. The molecule has 0 saturated heterocycles. The van der Waals surface area contributed by atoms with Crippen LogP contribution in [0.2, 0.25) is 0 Å². The lowest BCUT2D eigenvalue weighted by Crippen LogP contribution is -2.22. The molecule has 1 aromatic carbocycles. The second kappa shape index (κ2) is 5.57. The number of hydrogen-bond donors (Lipinski definition) is 3. The fourth-order valence-electron chi connectivity index (χ4n) is 3.76. The van der Waals surface area contributed by atoms with Gasteiger partial charge >= 0.3 is 0 Å². The van der Waals surface area contributed by atoms with E-state index in [2.05, 4.69) is 33.4 Å². The zero-order valence-electron chi connectivity index (χ0n) is 12.3. The first-order chi connectivity index (χ1) is 10.4. The number of halogens is 1. The molecule has 0 aromatic heterocycles. The predicted octanol–water partition coefficient (Wildman–Crippen LogP) is 3.14. The zero-order valence-corrected chi connectivity index (χ0v) is 13.9. The highest BCUT2D eigenvalue weighted by atomic mass is 79.9. The largest absolute Gasteiger partial charge is 0.507 e. The third-order valence-electron chi connectivity index (χ3n) is 5.09. The molecule has 3 rings (SSSR count). The Balaban J connectivity index is 1.63. The van der Waals surface area contributed by atoms with E-state index in [9.17, 15) is 15.0 Å². The number of nitrogens with one attached hydrogen (secondary N) is 1. The number of aromatic hydroxyl groups is 2. The molecular weight excluding hydrogens is 348 g/mol. The van der Waals surface area contributed by atoms with Crippen molar-refractivity contribution in [2.24, 2.45) is 22.4 Å². The SMILES string of the molecule is C[C@]12CCCC[C@@H]1[C@H]2C(=O)N/N=C\c1cc(Br)c(O)cc1O. The van der Waals surface area contributed by atoms with E-state index in [0.29, 0.717) is 16.0 Å². The number of carbonyl (C=O) groups is 1. The fraction of sp³-hybridized carbons (Fsp3) is 0.500. The number of benzene rings is 1. The van der Waals surface area contributed by atoms with E-state index in [-0.39, 0.29) is 28.7 Å². The second-order valence-corrected chi connectivity index (χ2v) is 7.29. The number of phenols is 2. The van der Waals surface area contributed by atoms with Crippen molar-refractivity contribution in [3.63, 3.8) is 0 Å². The highest BCUT2D eigenvalue weighted by molar-refractivity contribution is 9.10. The summed E-state index contributed by atoms with van der Waals surface area (Å²) in [4.78, 5) is 12.2. The van der Waals surface area contributed by atoms with Crippen LogP contribution in [0.25, 0.3) is 0 Å². The first-order valence-corrected chi connectivity index (χ1v) is 8.27. The smallest absolute Gasteiger partial charge is 0.244 e. The van der Waals surface area contributed by atoms with Gasteiger partial charge in [-0.25, -0.2) is 5.43 Å². The normalized spacial score (nSPS) is 30.1. The van der Waals surface area contributed by atoms with Gasteiger partial charge in [-0.1, -0.05) is 19.8 Å². The highest BCUT2D eigenvalue weighted by Gasteiger charge is 2.64. The molecule has 0 heterocycles. The predicted molar refractivity (Wildman–Crippen MR) is 86.8 cm³/mol. The molecule has 118 valence electrons. The Kier molecular flexibility index (Phi) is 3.89. The third kappa shape index (κ3) is 2.60. The number of phenolic OH excluding ortho intramolecular Hbond substituents is 2. The quantitative estimate of drug-likeness (QED) is 0.567. The van der Waals surface area contributed by atoms with Crippen LogP contribution in [0.5, 0.6) is 11.5 Å². The molecule has 6 heteroatoms. The average molecular weight is 367 g/mol. The monoisotopic (exact) mass is 366 g/mol. The van der Waals surface area contributed by atoms with E-state index in [1.807, 2.05) is 0 Å². The second-order valence-electron chi connectivity index (χ2n) is 6.43. The maximum atomic E-state index is 12.2. The maximum Gasteiger partial charge on any atom is 0.244 e. The molecule has 2 fully saturated rings. The third-order valence-corrected chi connectivity index (χ3v) is 5.72. The van der Waals surface area contributed by atoms with Crippen LogP contribution in [-0.2, 0) is 4.79 Å². The van der Waals surface area contributed by atoms with Gasteiger partial charge in [-0.15, -0.1) is 0 Å². The summed E-state index contributed by atoms with van der Waals surface area (Å²) in [5, 5.41) is 23.1. The Hall–Kier alpha value is -1.56. The molecule has 3 N–H and O–H groups in total. The van der Waals surface area contributed by atoms with Gasteiger partial charge in [0, 0.05) is 17.5 Å². The van der Waals surface area contributed by atoms with E-state index in [4.69, 9.17) is 0 Å². The number of rotatable bonds is 3. The molecule has 1 amide bonds. The van der Waals surface area contributed by atoms with Crippen molar-refractivity contribution in [3.8, 4) is 11.5 Å². The lowest BCUT2D eigenvalue weighted by atomic mass is 9.90. The number of fused-ring (bicyclic) bond motifs is 1. The standard InChI is InChI=1S/C16H19BrN2O3/c1-16-5-3-2-4-10(16)14(16)15(22)19-18-8-9-6-11(17)13(21)7-12(9)20/h6-8,10,14,20-21H,2-5H2,1H3,(H,19,22)/b18-8-/t10-,14+,16+/m1/s1. The van der Waals surface area contributed by atoms with Gasteiger partial charge in [0.2, 0.25) is 5.91 Å². The van der Waals surface area contributed by atoms with Gasteiger partial charge in [0.25, 0.3) is 0 Å². The minimum Gasteiger partial charge on any atom is -0.507 e. The van der Waals surface area contributed by atoms with Crippen LogP contribution >= 0.6 is 15.9 Å². The topological polar surface area (TPSA) is 81.9 Å². The van der Waals surface area contributed by atoms with Crippen molar-refractivity contribution >= 4 is 28.1 Å². The summed E-state index contributed by atoms with van der Waals surface area (Å²) in [6.45, 7) is 2.19. The van der Waals surface area contributed by atoms with Crippen LogP contribution in [0.3, 0.4) is 0 Å². The Morgan fingerprint density at radius 2 is 2.18 bits per heavy atom. The Labute approximate surface area is 137 Å². The Bertz CT molecular complexity index is 647. The summed E-state index contributed by atoms with van der Waals surface area (Å²) in [6, 6.07) is 2.77. The molecule has 2 saturated carbocycles. The van der Waals surface area contributed by atoms with Crippen molar-refractivity contribution in [2.45, 2.75) is 32.6 Å². The van der Waals surface area contributed by atoms with Crippen LogP contribution in [0.1, 0.15) is 38.2 Å². The first-order valence-electron chi connectivity index (χ1n) is 7.48. The number of nitrogens with zero attached hydrogens (tertiary/aromatic N) is 1. The molecule has 1 aromatic rings. The van der Waals surface area contributed by atoms with Gasteiger partial charge in [-0.05, 0) is 46.2 Å². The average Bonchev–Trinajstić information content (AvgIpc) is 3.10. The van der Waals surface area contributed by atoms with Gasteiger partial charge in [0.05, 0.1) is 10.7 Å². The lowest BCUT2D eigenvalue weighted by Gasteiger charge is -2.15.